The molecule has 0 aromatic rings. The van der Waals surface area contributed by atoms with Gasteiger partial charge in [-0.05, 0) is 6.92 Å². The molecule has 1 unspecified atom stereocenters. The molecule has 1 rings (SSSR count). The van der Waals surface area contributed by atoms with Gasteiger partial charge in [0.05, 0.1) is 0 Å². The van der Waals surface area contributed by atoms with Crippen LogP contribution in [0.2, 0.25) is 0 Å². The lowest BCUT2D eigenvalue weighted by Gasteiger charge is -2.14. The van der Waals surface area contributed by atoms with E-state index in [1.165, 1.54) is 0 Å². The molecule has 11 heavy (non-hydrogen) atoms. The summed E-state index contributed by atoms with van der Waals surface area (Å²) in [6.45, 7) is 3.66. The predicted molar refractivity (Wildman–Crippen MR) is 48.0 cm³/mol. The fraction of sp³-hybridized carbons (Fsp3) is 0.857. The fourth-order valence-corrected chi connectivity index (χ4v) is 1.48. The zero-order valence-electron chi connectivity index (χ0n) is 6.95. The number of nitrogens with zero attached hydrogens (tertiary/aromatic N) is 2. The van der Waals surface area contributed by atoms with Crippen LogP contribution in [0.5, 0.6) is 0 Å². The van der Waals surface area contributed by atoms with Crippen molar-refractivity contribution in [2.75, 3.05) is 25.9 Å². The summed E-state index contributed by atoms with van der Waals surface area (Å²) < 4.78 is 0. The summed E-state index contributed by atoms with van der Waals surface area (Å²) in [5.74, 6) is 0.742. The quantitative estimate of drug-likeness (QED) is 0.611. The van der Waals surface area contributed by atoms with Crippen LogP contribution in [-0.2, 0) is 0 Å². The number of likely N-dealkylation sites (N-methyl/N-ethyl adjacent to an activating group) is 1. The van der Waals surface area contributed by atoms with Crippen molar-refractivity contribution in [1.82, 2.24) is 9.80 Å². The van der Waals surface area contributed by atoms with E-state index >= 15 is 0 Å². The van der Waals surface area contributed by atoms with Crippen LogP contribution in [0.15, 0.2) is 0 Å². The molecule has 0 spiro atoms. The second kappa shape index (κ2) is 3.34. The number of rotatable bonds is 2. The highest BCUT2D eigenvalue weighted by Crippen LogP contribution is 2.12. The summed E-state index contributed by atoms with van der Waals surface area (Å²) in [5.41, 5.74) is 0. The van der Waals surface area contributed by atoms with Crippen LogP contribution >= 0.6 is 12.6 Å². The Morgan fingerprint density at radius 2 is 2.36 bits per heavy atom. The molecule has 0 bridgehead atoms. The van der Waals surface area contributed by atoms with Gasteiger partial charge in [0.25, 0.3) is 0 Å². The summed E-state index contributed by atoms with van der Waals surface area (Å²) in [6.07, 6.45) is 0. The maximum Gasteiger partial charge on any atom is 0.320 e. The first kappa shape index (κ1) is 8.71. The van der Waals surface area contributed by atoms with Crippen molar-refractivity contribution in [1.29, 1.82) is 0 Å². The molecule has 1 atom stereocenters. The van der Waals surface area contributed by atoms with Gasteiger partial charge >= 0.3 is 6.03 Å². The van der Waals surface area contributed by atoms with Gasteiger partial charge in [-0.3, -0.25) is 0 Å². The van der Waals surface area contributed by atoms with Crippen LogP contribution in [0, 0.1) is 0 Å². The molecule has 3 nitrogen and oxygen atoms in total. The Morgan fingerprint density at radius 1 is 1.73 bits per heavy atom. The zero-order valence-corrected chi connectivity index (χ0v) is 7.84. The lowest BCUT2D eigenvalue weighted by molar-refractivity contribution is 0.198. The Bertz CT molecular complexity index is 163. The molecule has 0 radical (unpaired) electrons. The Morgan fingerprint density at radius 3 is 2.73 bits per heavy atom. The lowest BCUT2D eigenvalue weighted by Crippen LogP contribution is -2.31. The minimum atomic E-state index is 0.131. The Balaban J connectivity index is 2.52. The molecule has 0 N–H and O–H groups in total. The molecule has 1 saturated heterocycles. The average Bonchev–Trinajstić information content (AvgIpc) is 2.19. The number of thiol groups is 1. The number of carbonyl (C=O) groups is 1. The van der Waals surface area contributed by atoms with Crippen LogP contribution in [0.4, 0.5) is 4.79 Å². The molecule has 64 valence electrons. The van der Waals surface area contributed by atoms with Gasteiger partial charge in [-0.25, -0.2) is 4.79 Å². The Hall–Kier alpha value is -0.380. The molecule has 2 amide bonds. The van der Waals surface area contributed by atoms with E-state index in [0.29, 0.717) is 6.04 Å². The van der Waals surface area contributed by atoms with Gasteiger partial charge in [-0.2, -0.15) is 12.6 Å². The van der Waals surface area contributed by atoms with Gasteiger partial charge in [0.1, 0.15) is 0 Å². The fourth-order valence-electron chi connectivity index (χ4n) is 1.24. The molecular formula is C7H14N2OS. The summed E-state index contributed by atoms with van der Waals surface area (Å²) in [5, 5.41) is 0. The summed E-state index contributed by atoms with van der Waals surface area (Å²) in [6, 6.07) is 0.480. The minimum Gasteiger partial charge on any atom is -0.323 e. The Kier molecular flexibility index (Phi) is 2.65. The second-order valence-electron chi connectivity index (χ2n) is 2.91. The zero-order chi connectivity index (χ0) is 8.43. The van der Waals surface area contributed by atoms with Crippen LogP contribution in [0.3, 0.4) is 0 Å². The normalized spacial score (nSPS) is 25.0. The molecule has 0 aromatic heterocycles. The highest BCUT2D eigenvalue weighted by Gasteiger charge is 2.30. The van der Waals surface area contributed by atoms with Crippen molar-refractivity contribution in [2.24, 2.45) is 0 Å². The van der Waals surface area contributed by atoms with Gasteiger partial charge in [0.15, 0.2) is 0 Å². The van der Waals surface area contributed by atoms with Gasteiger partial charge in [0.2, 0.25) is 0 Å². The smallest absolute Gasteiger partial charge is 0.320 e. The van der Waals surface area contributed by atoms with Gasteiger partial charge in [0, 0.05) is 31.9 Å². The van der Waals surface area contributed by atoms with E-state index < -0.39 is 0 Å². The number of urea groups is 1. The van der Waals surface area contributed by atoms with Crippen LogP contribution < -0.4 is 0 Å². The number of hydrogen-bond donors (Lipinski definition) is 1. The van der Waals surface area contributed by atoms with Crippen LogP contribution in [0.1, 0.15) is 6.92 Å². The molecule has 1 fully saturated rings. The number of carbonyl (C=O) groups excluding carboxylic acids is 1. The topological polar surface area (TPSA) is 23.6 Å². The van der Waals surface area contributed by atoms with Gasteiger partial charge < -0.3 is 9.80 Å². The maximum absolute atomic E-state index is 11.3. The largest absolute Gasteiger partial charge is 0.323 e. The van der Waals surface area contributed by atoms with Crippen molar-refractivity contribution >= 4 is 18.7 Å². The third-order valence-corrected chi connectivity index (χ3v) is 2.29. The van der Waals surface area contributed by atoms with E-state index in [9.17, 15) is 4.79 Å². The number of hydrogen-bond acceptors (Lipinski definition) is 2. The monoisotopic (exact) mass is 174 g/mol. The molecule has 1 aliphatic heterocycles. The summed E-state index contributed by atoms with van der Waals surface area (Å²) >= 11 is 4.08. The lowest BCUT2D eigenvalue weighted by atomic mass is 10.3. The first-order valence-electron chi connectivity index (χ1n) is 3.79. The van der Waals surface area contributed by atoms with Crippen molar-refractivity contribution in [3.8, 4) is 0 Å². The van der Waals surface area contributed by atoms with Gasteiger partial charge in [-0.1, -0.05) is 0 Å². The molecular weight excluding hydrogens is 160 g/mol. The van der Waals surface area contributed by atoms with Crippen LogP contribution in [0.25, 0.3) is 0 Å². The average molecular weight is 174 g/mol. The number of amides is 2. The molecule has 0 saturated carbocycles. The van der Waals surface area contributed by atoms with Crippen molar-refractivity contribution in [3.63, 3.8) is 0 Å². The second-order valence-corrected chi connectivity index (χ2v) is 3.36. The SMILES string of the molecule is CC1CN(CCS)C(=O)N1C. The third-order valence-electron chi connectivity index (χ3n) is 2.09. The first-order valence-corrected chi connectivity index (χ1v) is 4.42. The minimum absolute atomic E-state index is 0.131. The highest BCUT2D eigenvalue weighted by atomic mass is 32.1. The maximum atomic E-state index is 11.3. The van der Waals surface area contributed by atoms with E-state index in [-0.39, 0.29) is 6.03 Å². The summed E-state index contributed by atoms with van der Waals surface area (Å²) in [7, 11) is 1.84. The van der Waals surface area contributed by atoms with E-state index in [0.717, 1.165) is 18.8 Å². The van der Waals surface area contributed by atoms with Crippen molar-refractivity contribution in [2.45, 2.75) is 13.0 Å². The predicted octanol–water partition coefficient (Wildman–Crippen LogP) is 0.672. The van der Waals surface area contributed by atoms with E-state index in [1.54, 1.807) is 4.90 Å². The van der Waals surface area contributed by atoms with E-state index in [1.807, 2.05) is 11.9 Å². The Labute approximate surface area is 72.8 Å². The first-order chi connectivity index (χ1) is 5.16. The van der Waals surface area contributed by atoms with Gasteiger partial charge in [-0.15, -0.1) is 0 Å². The molecule has 0 aliphatic carbocycles. The van der Waals surface area contributed by atoms with Crippen LogP contribution in [-0.4, -0.2) is 47.8 Å². The molecule has 4 heteroatoms. The standard InChI is InChI=1S/C7H14N2OS/c1-6-5-9(3-4-11)7(10)8(6)2/h6,11H,3-5H2,1-2H3. The highest BCUT2D eigenvalue weighted by molar-refractivity contribution is 7.80. The van der Waals surface area contributed by atoms with Crippen molar-refractivity contribution in [3.05, 3.63) is 0 Å². The molecule has 0 aromatic carbocycles. The van der Waals surface area contributed by atoms with E-state index in [2.05, 4.69) is 19.6 Å². The van der Waals surface area contributed by atoms with Crippen molar-refractivity contribution < 1.29 is 4.79 Å². The molecule has 1 aliphatic rings. The third kappa shape index (κ3) is 1.61. The molecule has 1 heterocycles. The summed E-state index contributed by atoms with van der Waals surface area (Å²) in [4.78, 5) is 14.9. The van der Waals surface area contributed by atoms with E-state index in [4.69, 9.17) is 0 Å².